The van der Waals surface area contributed by atoms with Gasteiger partial charge in [0.05, 0.1) is 0 Å². The Bertz CT molecular complexity index is 826. The van der Waals surface area contributed by atoms with Crippen molar-refractivity contribution in [2.75, 3.05) is 0 Å². The highest BCUT2D eigenvalue weighted by Crippen LogP contribution is 2.24. The largest absolute Gasteiger partial charge is 0.449 e. The molecule has 2 aromatic rings. The Kier molecular flexibility index (Phi) is 4.02. The first-order valence-corrected chi connectivity index (χ1v) is 7.04. The summed E-state index contributed by atoms with van der Waals surface area (Å²) in [4.78, 5) is 24.5. The van der Waals surface area contributed by atoms with Crippen LogP contribution in [0.15, 0.2) is 64.4 Å². The van der Waals surface area contributed by atoms with E-state index in [0.717, 1.165) is 0 Å². The van der Waals surface area contributed by atoms with E-state index in [4.69, 9.17) is 4.42 Å². The minimum atomic E-state index is -0.443. The van der Waals surface area contributed by atoms with E-state index in [1.165, 1.54) is 48.6 Å². The molecule has 0 spiro atoms. The van der Waals surface area contributed by atoms with Crippen LogP contribution in [0.2, 0.25) is 0 Å². The maximum absolute atomic E-state index is 13.0. The molecule has 0 atom stereocenters. The van der Waals surface area contributed by atoms with E-state index in [9.17, 15) is 18.4 Å². The molecular weight excluding hydrogens is 302 g/mol. The van der Waals surface area contributed by atoms with Crippen LogP contribution in [0.1, 0.15) is 39.5 Å². The summed E-state index contributed by atoms with van der Waals surface area (Å²) in [6.45, 7) is 0. The van der Waals surface area contributed by atoms with E-state index in [2.05, 4.69) is 0 Å². The molecule has 0 amide bonds. The third-order valence-corrected chi connectivity index (χ3v) is 3.55. The van der Waals surface area contributed by atoms with Crippen LogP contribution in [0.3, 0.4) is 0 Å². The van der Waals surface area contributed by atoms with Crippen LogP contribution in [0, 0.1) is 5.82 Å². The van der Waals surface area contributed by atoms with Gasteiger partial charge >= 0.3 is 0 Å². The van der Waals surface area contributed by atoms with Crippen LogP contribution in [-0.4, -0.2) is 11.6 Å². The van der Waals surface area contributed by atoms with Gasteiger partial charge in [-0.05, 0) is 48.9 Å². The summed E-state index contributed by atoms with van der Waals surface area (Å²) in [5, 5.41) is 0. The maximum Gasteiger partial charge on any atom is 0.228 e. The SMILES string of the molecule is O=C(C1=CC=C(F)CC1)c1ccc(C(=O)c2ccc(F)cc2)o1. The normalized spacial score (nSPS) is 14.2. The Morgan fingerprint density at radius 3 is 2.09 bits per heavy atom. The first kappa shape index (κ1) is 15.1. The number of rotatable bonds is 4. The molecule has 0 fully saturated rings. The monoisotopic (exact) mass is 314 g/mol. The summed E-state index contributed by atoms with van der Waals surface area (Å²) in [6, 6.07) is 7.86. The van der Waals surface area contributed by atoms with Crippen molar-refractivity contribution in [3.05, 3.63) is 82.9 Å². The van der Waals surface area contributed by atoms with Crippen molar-refractivity contribution in [1.82, 2.24) is 0 Å². The summed E-state index contributed by atoms with van der Waals surface area (Å²) in [5.74, 6) is -1.50. The molecule has 0 bridgehead atoms. The van der Waals surface area contributed by atoms with Gasteiger partial charge in [0.2, 0.25) is 11.6 Å². The van der Waals surface area contributed by atoms with Crippen LogP contribution in [0.4, 0.5) is 8.78 Å². The smallest absolute Gasteiger partial charge is 0.228 e. The lowest BCUT2D eigenvalue weighted by atomic mass is 9.99. The van der Waals surface area contributed by atoms with Gasteiger partial charge in [-0.1, -0.05) is 6.08 Å². The Balaban J connectivity index is 1.81. The molecule has 1 aromatic heterocycles. The second-order valence-electron chi connectivity index (χ2n) is 5.13. The van der Waals surface area contributed by atoms with Gasteiger partial charge in [-0.25, -0.2) is 8.78 Å². The zero-order valence-electron chi connectivity index (χ0n) is 12.0. The topological polar surface area (TPSA) is 47.3 Å². The molecule has 1 heterocycles. The number of furan rings is 1. The van der Waals surface area contributed by atoms with E-state index in [-0.39, 0.29) is 35.1 Å². The number of benzene rings is 1. The standard InChI is InChI=1S/C18H12F2O3/c19-13-5-1-11(2-6-13)17(21)15-9-10-16(23-15)18(22)12-3-7-14(20)8-4-12/h1-3,5-7,9-10H,4,8H2. The first-order chi connectivity index (χ1) is 11.0. The number of carbonyl (C=O) groups is 2. The van der Waals surface area contributed by atoms with Crippen molar-refractivity contribution >= 4 is 11.6 Å². The van der Waals surface area contributed by atoms with E-state index in [0.29, 0.717) is 12.0 Å². The average molecular weight is 314 g/mol. The van der Waals surface area contributed by atoms with Crippen LogP contribution in [0.5, 0.6) is 0 Å². The molecule has 0 N–H and O–H groups in total. The van der Waals surface area contributed by atoms with Crippen molar-refractivity contribution in [1.29, 1.82) is 0 Å². The van der Waals surface area contributed by atoms with Crippen LogP contribution in [0.25, 0.3) is 0 Å². The predicted octanol–water partition coefficient (Wildman–Crippen LogP) is 4.41. The quantitative estimate of drug-likeness (QED) is 0.786. The second kappa shape index (κ2) is 6.12. The van der Waals surface area contributed by atoms with Gasteiger partial charge in [-0.15, -0.1) is 0 Å². The number of carbonyl (C=O) groups excluding carboxylic acids is 2. The van der Waals surface area contributed by atoms with Crippen molar-refractivity contribution in [2.45, 2.75) is 12.8 Å². The van der Waals surface area contributed by atoms with Crippen molar-refractivity contribution in [3.8, 4) is 0 Å². The molecule has 0 radical (unpaired) electrons. The molecule has 0 saturated heterocycles. The lowest BCUT2D eigenvalue weighted by Gasteiger charge is -2.07. The first-order valence-electron chi connectivity index (χ1n) is 7.04. The Morgan fingerprint density at radius 2 is 1.48 bits per heavy atom. The molecule has 0 aliphatic heterocycles. The van der Waals surface area contributed by atoms with E-state index in [1.54, 1.807) is 0 Å². The molecule has 23 heavy (non-hydrogen) atoms. The summed E-state index contributed by atoms with van der Waals surface area (Å²) in [7, 11) is 0. The summed E-state index contributed by atoms with van der Waals surface area (Å²) in [6.07, 6.45) is 3.15. The molecule has 1 aromatic carbocycles. The Morgan fingerprint density at radius 1 is 0.826 bits per heavy atom. The van der Waals surface area contributed by atoms with Crippen LogP contribution >= 0.6 is 0 Å². The van der Waals surface area contributed by atoms with Crippen molar-refractivity contribution < 1.29 is 22.8 Å². The maximum atomic E-state index is 13.0. The fourth-order valence-corrected chi connectivity index (χ4v) is 2.28. The van der Waals surface area contributed by atoms with Crippen molar-refractivity contribution in [3.63, 3.8) is 0 Å². The number of hydrogen-bond donors (Lipinski definition) is 0. The number of Topliss-reactive ketones (excluding diaryl/α,β-unsaturated/α-hetero) is 1. The number of ketones is 2. The molecule has 3 rings (SSSR count). The highest BCUT2D eigenvalue weighted by Gasteiger charge is 2.21. The van der Waals surface area contributed by atoms with Gasteiger partial charge in [0, 0.05) is 17.6 Å². The lowest BCUT2D eigenvalue weighted by Crippen LogP contribution is -2.05. The summed E-state index contributed by atoms with van der Waals surface area (Å²) in [5.41, 5.74) is 0.697. The molecule has 0 unspecified atom stereocenters. The highest BCUT2D eigenvalue weighted by atomic mass is 19.1. The molecule has 5 heteroatoms. The molecule has 116 valence electrons. The lowest BCUT2D eigenvalue weighted by molar-refractivity contribution is 0.0981. The van der Waals surface area contributed by atoms with Gasteiger partial charge in [-0.2, -0.15) is 0 Å². The third kappa shape index (κ3) is 3.18. The fourth-order valence-electron chi connectivity index (χ4n) is 2.28. The Labute approximate surface area is 130 Å². The number of halogens is 2. The minimum Gasteiger partial charge on any atom is -0.449 e. The minimum absolute atomic E-state index is 0.00177. The van der Waals surface area contributed by atoms with Gasteiger partial charge in [0.25, 0.3) is 0 Å². The van der Waals surface area contributed by atoms with E-state index in [1.807, 2.05) is 0 Å². The predicted molar refractivity (Wildman–Crippen MR) is 79.4 cm³/mol. The fraction of sp³-hybridized carbons (Fsp3) is 0.111. The zero-order valence-corrected chi connectivity index (χ0v) is 12.0. The third-order valence-electron chi connectivity index (χ3n) is 3.55. The number of allylic oxidation sites excluding steroid dienone is 4. The highest BCUT2D eigenvalue weighted by molar-refractivity contribution is 6.10. The van der Waals surface area contributed by atoms with Gasteiger partial charge in [-0.3, -0.25) is 9.59 Å². The molecule has 3 nitrogen and oxygen atoms in total. The van der Waals surface area contributed by atoms with Gasteiger partial charge in [0.15, 0.2) is 11.5 Å². The van der Waals surface area contributed by atoms with Crippen LogP contribution < -0.4 is 0 Å². The molecule has 1 aliphatic rings. The van der Waals surface area contributed by atoms with Crippen molar-refractivity contribution in [2.24, 2.45) is 0 Å². The van der Waals surface area contributed by atoms with E-state index < -0.39 is 11.6 Å². The summed E-state index contributed by atoms with van der Waals surface area (Å²) >= 11 is 0. The van der Waals surface area contributed by atoms with Gasteiger partial charge in [0.1, 0.15) is 11.6 Å². The van der Waals surface area contributed by atoms with E-state index >= 15 is 0 Å². The summed E-state index contributed by atoms with van der Waals surface area (Å²) < 4.78 is 31.2. The zero-order chi connectivity index (χ0) is 16.4. The molecular formula is C18H12F2O3. The molecule has 1 aliphatic carbocycles. The molecule has 0 saturated carbocycles. The second-order valence-corrected chi connectivity index (χ2v) is 5.13. The van der Waals surface area contributed by atoms with Gasteiger partial charge < -0.3 is 4.42 Å². The Hall–Kier alpha value is -2.82. The van der Waals surface area contributed by atoms with Crippen LogP contribution in [-0.2, 0) is 0 Å². The number of hydrogen-bond acceptors (Lipinski definition) is 3. The average Bonchev–Trinajstić information content (AvgIpc) is 3.05.